The molecule has 1 atom stereocenters. The second-order valence-corrected chi connectivity index (χ2v) is 5.30. The van der Waals surface area contributed by atoms with Crippen LogP contribution in [0.2, 0.25) is 0 Å². The van der Waals surface area contributed by atoms with Crippen LogP contribution in [0.4, 0.5) is 0 Å². The highest BCUT2D eigenvalue weighted by Crippen LogP contribution is 2.13. The average molecular weight is 295 g/mol. The maximum absolute atomic E-state index is 10.8. The smallest absolute Gasteiger partial charge is 0.221 e. The Kier molecular flexibility index (Phi) is 7.14. The average Bonchev–Trinajstić information content (AvgIpc) is 2.43. The zero-order valence-corrected chi connectivity index (χ0v) is 12.7. The number of carbonyl (C=O) groups excluding carboxylic acids is 1. The summed E-state index contributed by atoms with van der Waals surface area (Å²) in [6, 6.07) is 7.36. The maximum atomic E-state index is 10.8. The number of nitrogens with zero attached hydrogens (tertiary/aromatic N) is 1. The van der Waals surface area contributed by atoms with E-state index in [1.807, 2.05) is 18.7 Å². The predicted molar refractivity (Wildman–Crippen MR) is 81.7 cm³/mol. The fraction of sp³-hybridized carbons (Fsp3) is 0.533. The third-order valence-corrected chi connectivity index (χ3v) is 3.15. The summed E-state index contributed by atoms with van der Waals surface area (Å²) in [4.78, 5) is 12.8. The number of primary amides is 1. The minimum absolute atomic E-state index is 0.193. The highest BCUT2D eigenvalue weighted by atomic mass is 16.5. The molecule has 0 bridgehead atoms. The number of benzene rings is 1. The van der Waals surface area contributed by atoms with Crippen LogP contribution in [0.3, 0.4) is 0 Å². The van der Waals surface area contributed by atoms with Gasteiger partial charge in [0.1, 0.15) is 18.5 Å². The van der Waals surface area contributed by atoms with Crippen LogP contribution in [0, 0.1) is 0 Å². The van der Waals surface area contributed by atoms with Gasteiger partial charge in [0.25, 0.3) is 0 Å². The van der Waals surface area contributed by atoms with Crippen LogP contribution in [0.5, 0.6) is 5.75 Å². The van der Waals surface area contributed by atoms with E-state index >= 15 is 0 Å². The summed E-state index contributed by atoms with van der Waals surface area (Å²) in [5, 5.41) is 9.95. The van der Waals surface area contributed by atoms with Crippen molar-refractivity contribution in [2.24, 2.45) is 11.5 Å². The summed E-state index contributed by atoms with van der Waals surface area (Å²) in [5.74, 6) is 0.278. The molecule has 118 valence electrons. The Bertz CT molecular complexity index is 434. The lowest BCUT2D eigenvalue weighted by Crippen LogP contribution is -2.42. The molecule has 1 rings (SSSR count). The van der Waals surface area contributed by atoms with Gasteiger partial charge in [-0.2, -0.15) is 0 Å². The first-order valence-corrected chi connectivity index (χ1v) is 7.04. The Morgan fingerprint density at radius 1 is 1.33 bits per heavy atom. The van der Waals surface area contributed by atoms with E-state index in [2.05, 4.69) is 0 Å². The number of aliphatic hydroxyl groups excluding tert-OH is 1. The molecular formula is C15H25N3O3. The van der Waals surface area contributed by atoms with E-state index in [-0.39, 0.29) is 25.0 Å². The maximum Gasteiger partial charge on any atom is 0.221 e. The van der Waals surface area contributed by atoms with Gasteiger partial charge in [-0.3, -0.25) is 9.69 Å². The van der Waals surface area contributed by atoms with Crippen LogP contribution in [0.25, 0.3) is 0 Å². The lowest BCUT2D eigenvalue weighted by Gasteiger charge is -2.26. The first-order valence-electron chi connectivity index (χ1n) is 7.04. The zero-order chi connectivity index (χ0) is 15.8. The molecule has 6 nitrogen and oxygen atoms in total. The molecule has 5 N–H and O–H groups in total. The SMILES string of the molecule is CC(C)N(CN)CC(O)COc1ccc(CC(N)=O)cc1. The molecule has 0 radical (unpaired) electrons. The summed E-state index contributed by atoms with van der Waals surface area (Å²) in [6.07, 6.45) is -0.399. The largest absolute Gasteiger partial charge is 0.491 e. The summed E-state index contributed by atoms with van der Waals surface area (Å²) < 4.78 is 5.52. The molecule has 0 aliphatic carbocycles. The molecule has 1 aromatic rings. The topological polar surface area (TPSA) is 102 Å². The van der Waals surface area contributed by atoms with E-state index in [0.29, 0.717) is 19.0 Å². The third-order valence-electron chi connectivity index (χ3n) is 3.15. The molecule has 0 heterocycles. The van der Waals surface area contributed by atoms with E-state index in [1.54, 1.807) is 24.3 Å². The van der Waals surface area contributed by atoms with E-state index in [0.717, 1.165) is 5.56 Å². The molecular weight excluding hydrogens is 270 g/mol. The second kappa shape index (κ2) is 8.61. The Morgan fingerprint density at radius 3 is 2.43 bits per heavy atom. The van der Waals surface area contributed by atoms with Crippen LogP contribution >= 0.6 is 0 Å². The number of amides is 1. The van der Waals surface area contributed by atoms with Gasteiger partial charge in [-0.15, -0.1) is 0 Å². The first kappa shape index (κ1) is 17.4. The molecule has 21 heavy (non-hydrogen) atoms. The number of carbonyl (C=O) groups is 1. The molecule has 1 unspecified atom stereocenters. The van der Waals surface area contributed by atoms with Gasteiger partial charge >= 0.3 is 0 Å². The van der Waals surface area contributed by atoms with Gasteiger partial charge in [0.05, 0.1) is 6.42 Å². The lowest BCUT2D eigenvalue weighted by molar-refractivity contribution is -0.117. The van der Waals surface area contributed by atoms with Gasteiger partial charge in [-0.05, 0) is 31.5 Å². The Hall–Kier alpha value is -1.63. The van der Waals surface area contributed by atoms with Crippen molar-refractivity contribution in [3.63, 3.8) is 0 Å². The van der Waals surface area contributed by atoms with Crippen molar-refractivity contribution in [2.45, 2.75) is 32.4 Å². The van der Waals surface area contributed by atoms with Gasteiger partial charge in [-0.1, -0.05) is 12.1 Å². The molecule has 0 spiro atoms. The summed E-state index contributed by atoms with van der Waals surface area (Å²) in [6.45, 7) is 5.11. The Morgan fingerprint density at radius 2 is 1.95 bits per heavy atom. The van der Waals surface area contributed by atoms with Gasteiger partial charge in [0.15, 0.2) is 0 Å². The predicted octanol–water partition coefficient (Wildman–Crippen LogP) is 0.0807. The monoisotopic (exact) mass is 295 g/mol. The molecule has 1 amide bonds. The van der Waals surface area contributed by atoms with Crippen LogP contribution < -0.4 is 16.2 Å². The van der Waals surface area contributed by atoms with E-state index in [1.165, 1.54) is 0 Å². The number of rotatable bonds is 9. The van der Waals surface area contributed by atoms with Crippen molar-refractivity contribution >= 4 is 5.91 Å². The van der Waals surface area contributed by atoms with Crippen molar-refractivity contribution < 1.29 is 14.6 Å². The fourth-order valence-electron chi connectivity index (χ4n) is 1.92. The van der Waals surface area contributed by atoms with E-state index in [9.17, 15) is 9.90 Å². The Balaban J connectivity index is 2.42. The normalized spacial score (nSPS) is 12.7. The van der Waals surface area contributed by atoms with Crippen molar-refractivity contribution in [1.29, 1.82) is 0 Å². The van der Waals surface area contributed by atoms with Crippen molar-refractivity contribution in [1.82, 2.24) is 4.90 Å². The first-order chi connectivity index (χ1) is 9.92. The zero-order valence-electron chi connectivity index (χ0n) is 12.7. The number of aliphatic hydroxyl groups is 1. The van der Waals surface area contributed by atoms with Gasteiger partial charge in [0, 0.05) is 19.3 Å². The molecule has 0 fully saturated rings. The Labute approximate surface area is 125 Å². The van der Waals surface area contributed by atoms with Gasteiger partial charge < -0.3 is 21.3 Å². The molecule has 6 heteroatoms. The number of hydrogen-bond donors (Lipinski definition) is 3. The summed E-state index contributed by atoms with van der Waals surface area (Å²) >= 11 is 0. The highest BCUT2D eigenvalue weighted by Gasteiger charge is 2.13. The van der Waals surface area contributed by atoms with Crippen LogP contribution in [0.15, 0.2) is 24.3 Å². The van der Waals surface area contributed by atoms with E-state index in [4.69, 9.17) is 16.2 Å². The number of nitrogens with two attached hydrogens (primary N) is 2. The van der Waals surface area contributed by atoms with Gasteiger partial charge in [0.2, 0.25) is 5.91 Å². The standard InChI is InChI=1S/C15H25N3O3/c1-11(2)18(10-16)8-13(19)9-21-14-5-3-12(4-6-14)7-15(17)20/h3-6,11,13,19H,7-10,16H2,1-2H3,(H2,17,20). The van der Waals surface area contributed by atoms with Crippen LogP contribution in [0.1, 0.15) is 19.4 Å². The van der Waals surface area contributed by atoms with Gasteiger partial charge in [-0.25, -0.2) is 0 Å². The fourth-order valence-corrected chi connectivity index (χ4v) is 1.92. The molecule has 0 saturated heterocycles. The molecule has 0 aromatic heterocycles. The molecule has 1 aromatic carbocycles. The summed E-state index contributed by atoms with van der Waals surface area (Å²) in [5.41, 5.74) is 11.6. The van der Waals surface area contributed by atoms with Crippen molar-refractivity contribution in [2.75, 3.05) is 19.8 Å². The third kappa shape index (κ3) is 6.57. The molecule has 0 saturated carbocycles. The van der Waals surface area contributed by atoms with Crippen LogP contribution in [-0.4, -0.2) is 47.9 Å². The number of hydrogen-bond acceptors (Lipinski definition) is 5. The van der Waals surface area contributed by atoms with Crippen molar-refractivity contribution in [3.05, 3.63) is 29.8 Å². The number of ether oxygens (including phenoxy) is 1. The minimum atomic E-state index is -0.610. The second-order valence-electron chi connectivity index (χ2n) is 5.30. The molecule has 0 aliphatic rings. The quantitative estimate of drug-likeness (QED) is 0.560. The van der Waals surface area contributed by atoms with Crippen LogP contribution in [-0.2, 0) is 11.2 Å². The van der Waals surface area contributed by atoms with E-state index < -0.39 is 6.10 Å². The summed E-state index contributed by atoms with van der Waals surface area (Å²) in [7, 11) is 0. The van der Waals surface area contributed by atoms with Crippen molar-refractivity contribution in [3.8, 4) is 5.75 Å². The highest BCUT2D eigenvalue weighted by molar-refractivity contribution is 5.76. The molecule has 0 aliphatic heterocycles. The minimum Gasteiger partial charge on any atom is -0.491 e. The lowest BCUT2D eigenvalue weighted by atomic mass is 10.1.